The summed E-state index contributed by atoms with van der Waals surface area (Å²) in [6.07, 6.45) is 1.82. The second-order valence-corrected chi connectivity index (χ2v) is 5.36. The summed E-state index contributed by atoms with van der Waals surface area (Å²) in [5.41, 5.74) is 3.87. The molecule has 19 heavy (non-hydrogen) atoms. The van der Waals surface area contributed by atoms with Crippen LogP contribution in [0.25, 0.3) is 0 Å². The average Bonchev–Trinajstić information content (AvgIpc) is 2.46. The van der Waals surface area contributed by atoms with E-state index < -0.39 is 0 Å². The van der Waals surface area contributed by atoms with E-state index in [1.807, 2.05) is 30.3 Å². The second kappa shape index (κ2) is 6.16. The molecule has 2 aromatic rings. The molecule has 0 aliphatic carbocycles. The molecule has 0 spiro atoms. The quantitative estimate of drug-likeness (QED) is 0.740. The molecular formula is C17H17BrO. The summed E-state index contributed by atoms with van der Waals surface area (Å²) in [6, 6.07) is 13.8. The van der Waals surface area contributed by atoms with Crippen molar-refractivity contribution in [3.05, 3.63) is 69.2 Å². The molecule has 0 aliphatic rings. The highest BCUT2D eigenvalue weighted by molar-refractivity contribution is 9.10. The third kappa shape index (κ3) is 2.95. The number of aryl methyl sites for hydroxylation is 2. The normalized spacial score (nSPS) is 10.5. The van der Waals surface area contributed by atoms with Gasteiger partial charge in [-0.05, 0) is 42.2 Å². The Balaban J connectivity index is 2.51. The summed E-state index contributed by atoms with van der Waals surface area (Å²) < 4.78 is 0.851. The van der Waals surface area contributed by atoms with Gasteiger partial charge in [0.2, 0.25) is 0 Å². The molecular weight excluding hydrogens is 300 g/mol. The Bertz CT molecular complexity index is 602. The lowest BCUT2D eigenvalue weighted by Gasteiger charge is -2.10. The molecule has 1 nitrogen and oxygen atoms in total. The fourth-order valence-corrected chi connectivity index (χ4v) is 2.62. The standard InChI is InChI=1S/C17H17BrO/c1-3-12-9-10-13(4-2)15(11-12)17(19)14-7-5-6-8-16(14)18/h5-11H,3-4H2,1-2H3. The van der Waals surface area contributed by atoms with Gasteiger partial charge in [0.25, 0.3) is 0 Å². The first kappa shape index (κ1) is 14.0. The van der Waals surface area contributed by atoms with Gasteiger partial charge < -0.3 is 0 Å². The summed E-state index contributed by atoms with van der Waals surface area (Å²) in [6.45, 7) is 4.19. The fourth-order valence-electron chi connectivity index (χ4n) is 2.15. The van der Waals surface area contributed by atoms with Gasteiger partial charge in [-0.2, -0.15) is 0 Å². The van der Waals surface area contributed by atoms with Crippen LogP contribution in [0.2, 0.25) is 0 Å². The Morgan fingerprint density at radius 1 is 1.00 bits per heavy atom. The van der Waals surface area contributed by atoms with E-state index in [4.69, 9.17) is 0 Å². The molecule has 0 aliphatic heterocycles. The number of carbonyl (C=O) groups is 1. The van der Waals surface area contributed by atoms with Gasteiger partial charge in [-0.3, -0.25) is 4.79 Å². The maximum atomic E-state index is 12.7. The zero-order valence-corrected chi connectivity index (χ0v) is 12.8. The van der Waals surface area contributed by atoms with E-state index in [1.165, 1.54) is 5.56 Å². The van der Waals surface area contributed by atoms with Crippen LogP contribution in [-0.4, -0.2) is 5.78 Å². The summed E-state index contributed by atoms with van der Waals surface area (Å²) in [5, 5.41) is 0. The predicted molar refractivity (Wildman–Crippen MR) is 82.8 cm³/mol. The molecule has 0 saturated heterocycles. The Morgan fingerprint density at radius 3 is 2.37 bits per heavy atom. The van der Waals surface area contributed by atoms with E-state index in [2.05, 4.69) is 41.9 Å². The van der Waals surface area contributed by atoms with Crippen LogP contribution < -0.4 is 0 Å². The molecule has 0 aromatic heterocycles. The molecule has 0 fully saturated rings. The number of halogens is 1. The third-order valence-electron chi connectivity index (χ3n) is 3.33. The molecule has 0 heterocycles. The predicted octanol–water partition coefficient (Wildman–Crippen LogP) is 4.80. The molecule has 0 saturated carbocycles. The first-order valence-corrected chi connectivity index (χ1v) is 7.37. The van der Waals surface area contributed by atoms with Crippen molar-refractivity contribution in [1.29, 1.82) is 0 Å². The van der Waals surface area contributed by atoms with E-state index in [0.29, 0.717) is 0 Å². The Labute approximate surface area is 122 Å². The van der Waals surface area contributed by atoms with Crippen LogP contribution in [0.5, 0.6) is 0 Å². The molecule has 98 valence electrons. The summed E-state index contributed by atoms with van der Waals surface area (Å²) in [5.74, 6) is 0.0969. The van der Waals surface area contributed by atoms with Gasteiger partial charge in [-0.15, -0.1) is 0 Å². The van der Waals surface area contributed by atoms with Gasteiger partial charge in [-0.25, -0.2) is 0 Å². The van der Waals surface area contributed by atoms with E-state index >= 15 is 0 Å². The van der Waals surface area contributed by atoms with Crippen molar-refractivity contribution in [1.82, 2.24) is 0 Å². The van der Waals surface area contributed by atoms with Crippen molar-refractivity contribution in [3.63, 3.8) is 0 Å². The topological polar surface area (TPSA) is 17.1 Å². The maximum Gasteiger partial charge on any atom is 0.194 e. The third-order valence-corrected chi connectivity index (χ3v) is 4.02. The smallest absolute Gasteiger partial charge is 0.194 e. The zero-order chi connectivity index (χ0) is 13.8. The minimum atomic E-state index is 0.0969. The molecule has 2 heteroatoms. The minimum absolute atomic E-state index is 0.0969. The molecule has 2 rings (SSSR count). The van der Waals surface area contributed by atoms with Crippen LogP contribution >= 0.6 is 15.9 Å². The highest BCUT2D eigenvalue weighted by atomic mass is 79.9. The fraction of sp³-hybridized carbons (Fsp3) is 0.235. The summed E-state index contributed by atoms with van der Waals surface area (Å²) >= 11 is 3.46. The lowest BCUT2D eigenvalue weighted by atomic mass is 9.94. The number of ketones is 1. The van der Waals surface area contributed by atoms with Crippen LogP contribution in [0, 0.1) is 0 Å². The highest BCUT2D eigenvalue weighted by Gasteiger charge is 2.15. The van der Waals surface area contributed by atoms with Crippen LogP contribution in [0.4, 0.5) is 0 Å². The van der Waals surface area contributed by atoms with Crippen molar-refractivity contribution in [3.8, 4) is 0 Å². The molecule has 0 atom stereocenters. The van der Waals surface area contributed by atoms with Gasteiger partial charge in [0, 0.05) is 15.6 Å². The second-order valence-electron chi connectivity index (χ2n) is 4.51. The molecule has 0 N–H and O–H groups in total. The maximum absolute atomic E-state index is 12.7. The largest absolute Gasteiger partial charge is 0.289 e. The minimum Gasteiger partial charge on any atom is -0.289 e. The van der Waals surface area contributed by atoms with Crippen molar-refractivity contribution >= 4 is 21.7 Å². The zero-order valence-electron chi connectivity index (χ0n) is 11.2. The van der Waals surface area contributed by atoms with Crippen LogP contribution in [0.1, 0.15) is 40.9 Å². The lowest BCUT2D eigenvalue weighted by Crippen LogP contribution is -2.06. The first-order chi connectivity index (χ1) is 9.17. The summed E-state index contributed by atoms with van der Waals surface area (Å²) in [7, 11) is 0. The SMILES string of the molecule is CCc1ccc(CC)c(C(=O)c2ccccc2Br)c1. The summed E-state index contributed by atoms with van der Waals surface area (Å²) in [4.78, 5) is 12.7. The van der Waals surface area contributed by atoms with Crippen molar-refractivity contribution in [2.75, 3.05) is 0 Å². The van der Waals surface area contributed by atoms with E-state index in [-0.39, 0.29) is 5.78 Å². The van der Waals surface area contributed by atoms with E-state index in [0.717, 1.165) is 34.0 Å². The van der Waals surface area contributed by atoms with Gasteiger partial charge in [0.15, 0.2) is 5.78 Å². The van der Waals surface area contributed by atoms with E-state index in [1.54, 1.807) is 0 Å². The molecule has 0 radical (unpaired) electrons. The van der Waals surface area contributed by atoms with Crippen molar-refractivity contribution in [2.24, 2.45) is 0 Å². The average molecular weight is 317 g/mol. The molecule has 2 aromatic carbocycles. The monoisotopic (exact) mass is 316 g/mol. The van der Waals surface area contributed by atoms with Gasteiger partial charge >= 0.3 is 0 Å². The van der Waals surface area contributed by atoms with Gasteiger partial charge in [-0.1, -0.05) is 54.0 Å². The molecule has 0 amide bonds. The van der Waals surface area contributed by atoms with Gasteiger partial charge in [0.05, 0.1) is 0 Å². The van der Waals surface area contributed by atoms with Crippen LogP contribution in [-0.2, 0) is 12.8 Å². The number of hydrogen-bond acceptors (Lipinski definition) is 1. The van der Waals surface area contributed by atoms with Crippen molar-refractivity contribution < 1.29 is 4.79 Å². The van der Waals surface area contributed by atoms with Crippen LogP contribution in [0.3, 0.4) is 0 Å². The van der Waals surface area contributed by atoms with Gasteiger partial charge in [0.1, 0.15) is 0 Å². The Morgan fingerprint density at radius 2 is 1.74 bits per heavy atom. The molecule has 0 unspecified atom stereocenters. The number of hydrogen-bond donors (Lipinski definition) is 0. The van der Waals surface area contributed by atoms with Crippen molar-refractivity contribution in [2.45, 2.75) is 26.7 Å². The lowest BCUT2D eigenvalue weighted by molar-refractivity contribution is 0.103. The Kier molecular flexibility index (Phi) is 4.54. The number of benzene rings is 2. The molecule has 0 bridgehead atoms. The number of carbonyl (C=O) groups excluding carboxylic acids is 1. The highest BCUT2D eigenvalue weighted by Crippen LogP contribution is 2.23. The Hall–Kier alpha value is -1.41. The number of rotatable bonds is 4. The van der Waals surface area contributed by atoms with Crippen LogP contribution in [0.15, 0.2) is 46.9 Å². The van der Waals surface area contributed by atoms with E-state index in [9.17, 15) is 4.79 Å². The first-order valence-electron chi connectivity index (χ1n) is 6.58.